The second-order valence-corrected chi connectivity index (χ2v) is 8.74. The fraction of sp³-hybridized carbons (Fsp3) is 0.542. The minimum atomic E-state index is -0.267. The summed E-state index contributed by atoms with van der Waals surface area (Å²) in [4.78, 5) is 28.8. The van der Waals surface area contributed by atoms with Crippen molar-refractivity contribution in [2.45, 2.75) is 45.6 Å². The van der Waals surface area contributed by atoms with Crippen molar-refractivity contribution in [1.82, 2.24) is 19.8 Å². The van der Waals surface area contributed by atoms with Crippen LogP contribution in [-0.4, -0.2) is 71.0 Å². The number of aryl methyl sites for hydroxylation is 2. The normalized spacial score (nSPS) is 18.8. The highest BCUT2D eigenvalue weighted by molar-refractivity contribution is 5.78. The Morgan fingerprint density at radius 1 is 0.968 bits per heavy atom. The van der Waals surface area contributed by atoms with Crippen LogP contribution in [-0.2, 0) is 11.2 Å². The third-order valence-corrected chi connectivity index (χ3v) is 6.39. The molecule has 2 aliphatic rings. The highest BCUT2D eigenvalue weighted by Crippen LogP contribution is 2.22. The van der Waals surface area contributed by atoms with Crippen LogP contribution in [0.15, 0.2) is 30.3 Å². The molecule has 0 unspecified atom stereocenters. The molecule has 1 amide bonds. The Hall–Kier alpha value is -2.54. The van der Waals surface area contributed by atoms with Crippen molar-refractivity contribution in [2.75, 3.05) is 44.2 Å². The van der Waals surface area contributed by atoms with Crippen molar-refractivity contribution in [1.29, 1.82) is 0 Å². The van der Waals surface area contributed by atoms with Gasteiger partial charge in [-0.15, -0.1) is 0 Å². The molecule has 0 N–H and O–H groups in total. The first-order chi connectivity index (χ1) is 15.0. The van der Waals surface area contributed by atoms with Crippen molar-refractivity contribution in [2.24, 2.45) is 0 Å². The predicted octanol–water partition coefficient (Wildman–Crippen LogP) is 2.98. The van der Waals surface area contributed by atoms with Gasteiger partial charge in [-0.05, 0) is 56.9 Å². The van der Waals surface area contributed by atoms with Gasteiger partial charge in [-0.25, -0.2) is 14.4 Å². The molecule has 6 nitrogen and oxygen atoms in total. The Morgan fingerprint density at radius 2 is 1.65 bits per heavy atom. The summed E-state index contributed by atoms with van der Waals surface area (Å²) in [5.41, 5.74) is 2.90. The number of rotatable bonds is 4. The maximum Gasteiger partial charge on any atom is 0.227 e. The quantitative estimate of drug-likeness (QED) is 0.754. The van der Waals surface area contributed by atoms with Gasteiger partial charge in [0.25, 0.3) is 0 Å². The molecule has 2 aromatic rings. The third kappa shape index (κ3) is 5.58. The van der Waals surface area contributed by atoms with E-state index in [4.69, 9.17) is 0 Å². The van der Waals surface area contributed by atoms with Crippen LogP contribution in [0.4, 0.5) is 10.3 Å². The maximum absolute atomic E-state index is 13.1. The Balaban J connectivity index is 1.28. The number of carbonyl (C=O) groups excluding carboxylic acids is 1. The molecule has 7 heteroatoms. The largest absolute Gasteiger partial charge is 0.341 e. The summed E-state index contributed by atoms with van der Waals surface area (Å²) >= 11 is 0. The average molecular weight is 426 g/mol. The summed E-state index contributed by atoms with van der Waals surface area (Å²) < 4.78 is 13.1. The van der Waals surface area contributed by atoms with Crippen LogP contribution in [0.25, 0.3) is 0 Å². The molecule has 3 heterocycles. The van der Waals surface area contributed by atoms with E-state index in [0.717, 1.165) is 81.4 Å². The summed E-state index contributed by atoms with van der Waals surface area (Å²) in [5.74, 6) is 0.719. The Morgan fingerprint density at radius 3 is 2.32 bits per heavy atom. The van der Waals surface area contributed by atoms with Gasteiger partial charge in [0.15, 0.2) is 0 Å². The van der Waals surface area contributed by atoms with Crippen molar-refractivity contribution in [3.63, 3.8) is 0 Å². The van der Waals surface area contributed by atoms with Gasteiger partial charge in [-0.2, -0.15) is 0 Å². The van der Waals surface area contributed by atoms with E-state index in [0.29, 0.717) is 12.5 Å². The van der Waals surface area contributed by atoms with Crippen molar-refractivity contribution < 1.29 is 9.18 Å². The van der Waals surface area contributed by atoms with Crippen molar-refractivity contribution in [3.8, 4) is 0 Å². The molecule has 1 aromatic heterocycles. The lowest BCUT2D eigenvalue weighted by molar-refractivity contribution is -0.130. The molecular weight excluding hydrogens is 393 g/mol. The lowest BCUT2D eigenvalue weighted by Crippen LogP contribution is -2.47. The number of piperidine rings is 1. The molecule has 2 saturated heterocycles. The van der Waals surface area contributed by atoms with Gasteiger partial charge < -0.3 is 9.80 Å². The second-order valence-electron chi connectivity index (χ2n) is 8.74. The van der Waals surface area contributed by atoms with Crippen LogP contribution in [0, 0.1) is 19.7 Å². The Bertz CT molecular complexity index is 875. The molecule has 0 radical (unpaired) electrons. The van der Waals surface area contributed by atoms with Gasteiger partial charge in [0.05, 0.1) is 6.42 Å². The molecule has 166 valence electrons. The van der Waals surface area contributed by atoms with Crippen LogP contribution >= 0.6 is 0 Å². The number of halogens is 1. The highest BCUT2D eigenvalue weighted by Gasteiger charge is 2.28. The lowest BCUT2D eigenvalue weighted by atomic mass is 10.0. The van der Waals surface area contributed by atoms with E-state index >= 15 is 0 Å². The molecule has 2 aliphatic heterocycles. The van der Waals surface area contributed by atoms with Crippen LogP contribution in [0.1, 0.15) is 36.2 Å². The minimum absolute atomic E-state index is 0.134. The summed E-state index contributed by atoms with van der Waals surface area (Å²) in [7, 11) is 0. The Kier molecular flexibility index (Phi) is 6.80. The molecule has 0 aliphatic carbocycles. The molecular formula is C24H32FN5O. The molecule has 4 rings (SSSR count). The minimum Gasteiger partial charge on any atom is -0.341 e. The molecule has 0 saturated carbocycles. The number of nitrogens with zero attached hydrogens (tertiary/aromatic N) is 5. The number of amides is 1. The number of aromatic nitrogens is 2. The summed E-state index contributed by atoms with van der Waals surface area (Å²) in [6.07, 6.45) is 3.53. The molecule has 1 aromatic carbocycles. The monoisotopic (exact) mass is 425 g/mol. The molecule has 0 bridgehead atoms. The van der Waals surface area contributed by atoms with Crippen LogP contribution in [0.2, 0.25) is 0 Å². The SMILES string of the molecule is Cc1cc(C)nc(N2CCC(N3CCCN(C(=O)Cc4ccc(F)cc4)CC3)CC2)n1. The third-order valence-electron chi connectivity index (χ3n) is 6.39. The summed E-state index contributed by atoms with van der Waals surface area (Å²) in [5, 5.41) is 0. The van der Waals surface area contributed by atoms with Crippen molar-refractivity contribution in [3.05, 3.63) is 53.1 Å². The maximum atomic E-state index is 13.1. The first-order valence-corrected chi connectivity index (χ1v) is 11.3. The molecule has 2 fully saturated rings. The first-order valence-electron chi connectivity index (χ1n) is 11.3. The fourth-order valence-electron chi connectivity index (χ4n) is 4.72. The van der Waals surface area contributed by atoms with Crippen molar-refractivity contribution >= 4 is 11.9 Å². The van der Waals surface area contributed by atoms with E-state index in [-0.39, 0.29) is 11.7 Å². The van der Waals surface area contributed by atoms with Crippen LogP contribution < -0.4 is 4.90 Å². The molecule has 31 heavy (non-hydrogen) atoms. The predicted molar refractivity (Wildman–Crippen MR) is 120 cm³/mol. The number of benzene rings is 1. The number of hydrogen-bond acceptors (Lipinski definition) is 5. The zero-order valence-corrected chi connectivity index (χ0v) is 18.6. The van der Waals surface area contributed by atoms with Crippen LogP contribution in [0.5, 0.6) is 0 Å². The highest BCUT2D eigenvalue weighted by atomic mass is 19.1. The van der Waals surface area contributed by atoms with E-state index in [1.807, 2.05) is 24.8 Å². The average Bonchev–Trinajstić information content (AvgIpc) is 3.01. The molecule has 0 spiro atoms. The van der Waals surface area contributed by atoms with Gasteiger partial charge in [-0.1, -0.05) is 12.1 Å². The summed E-state index contributed by atoms with van der Waals surface area (Å²) in [6, 6.07) is 8.80. The fourth-order valence-corrected chi connectivity index (χ4v) is 4.72. The Labute approximate surface area is 184 Å². The number of carbonyl (C=O) groups is 1. The van der Waals surface area contributed by atoms with E-state index in [1.54, 1.807) is 12.1 Å². The van der Waals surface area contributed by atoms with Gasteiger partial charge in [0.2, 0.25) is 11.9 Å². The van der Waals surface area contributed by atoms with Gasteiger partial charge in [0, 0.05) is 56.7 Å². The second kappa shape index (κ2) is 9.73. The standard InChI is InChI=1S/C24H32FN5O/c1-18-16-19(2)27-24(26-18)30-12-8-22(9-13-30)28-10-3-11-29(15-14-28)23(31)17-20-4-6-21(25)7-5-20/h4-7,16,22H,3,8-15,17H2,1-2H3. The number of hydrogen-bond donors (Lipinski definition) is 0. The van der Waals surface area contributed by atoms with Gasteiger partial charge in [0.1, 0.15) is 5.82 Å². The van der Waals surface area contributed by atoms with Gasteiger partial charge in [-0.3, -0.25) is 9.69 Å². The van der Waals surface area contributed by atoms with E-state index in [2.05, 4.69) is 19.8 Å². The lowest BCUT2D eigenvalue weighted by Gasteiger charge is -2.38. The van der Waals surface area contributed by atoms with Crippen LogP contribution in [0.3, 0.4) is 0 Å². The van der Waals surface area contributed by atoms with E-state index in [1.165, 1.54) is 12.1 Å². The zero-order chi connectivity index (χ0) is 21.8. The smallest absolute Gasteiger partial charge is 0.227 e. The first kappa shape index (κ1) is 21.7. The van der Waals surface area contributed by atoms with E-state index in [9.17, 15) is 9.18 Å². The summed E-state index contributed by atoms with van der Waals surface area (Å²) in [6.45, 7) is 9.49. The van der Waals surface area contributed by atoms with Gasteiger partial charge >= 0.3 is 0 Å². The number of anilines is 1. The molecule has 0 atom stereocenters. The topological polar surface area (TPSA) is 52.6 Å². The van der Waals surface area contributed by atoms with E-state index < -0.39 is 0 Å². The zero-order valence-electron chi connectivity index (χ0n) is 18.6.